The average Bonchev–Trinajstić information content (AvgIpc) is 3.56. The molecular weight excluding hydrogens is 615 g/mol. The maximum atomic E-state index is 5.15. The highest BCUT2D eigenvalue weighted by atomic mass is 32.1. The zero-order valence-corrected chi connectivity index (χ0v) is 27.2. The Morgan fingerprint density at radius 2 is 0.714 bits per heavy atom. The molecule has 0 saturated heterocycles. The van der Waals surface area contributed by atoms with E-state index in [2.05, 4.69) is 146 Å². The van der Waals surface area contributed by atoms with E-state index in [1.165, 1.54) is 58.1 Å². The van der Waals surface area contributed by atoms with Crippen LogP contribution in [0.5, 0.6) is 0 Å². The molecule has 0 amide bonds. The molecule has 0 fully saturated rings. The van der Waals surface area contributed by atoms with E-state index in [1.54, 1.807) is 0 Å². The first-order valence-electron chi connectivity index (χ1n) is 16.4. The zero-order valence-electron chi connectivity index (χ0n) is 26.3. The number of aromatic nitrogens is 3. The molecule has 0 aliphatic rings. The number of thiophene rings is 1. The number of benzene rings is 8. The smallest absolute Gasteiger partial charge is 0.164 e. The molecule has 2 aromatic heterocycles. The molecular formula is C45H27N3S. The summed E-state index contributed by atoms with van der Waals surface area (Å²) in [6.45, 7) is 0. The number of fused-ring (bicyclic) bond motifs is 9. The first kappa shape index (κ1) is 27.8. The van der Waals surface area contributed by atoms with Crippen LogP contribution >= 0.6 is 11.3 Å². The highest BCUT2D eigenvalue weighted by Gasteiger charge is 2.16. The lowest BCUT2D eigenvalue weighted by Crippen LogP contribution is -2.00. The second kappa shape index (κ2) is 11.2. The van der Waals surface area contributed by atoms with Gasteiger partial charge in [0.2, 0.25) is 0 Å². The molecule has 228 valence electrons. The van der Waals surface area contributed by atoms with Crippen LogP contribution < -0.4 is 0 Å². The van der Waals surface area contributed by atoms with Gasteiger partial charge < -0.3 is 0 Å². The van der Waals surface area contributed by atoms with Crippen molar-refractivity contribution in [1.29, 1.82) is 0 Å². The third-order valence-corrected chi connectivity index (χ3v) is 10.7. The molecule has 0 atom stereocenters. The van der Waals surface area contributed by atoms with Gasteiger partial charge in [-0.1, -0.05) is 133 Å². The molecule has 3 nitrogen and oxygen atoms in total. The van der Waals surface area contributed by atoms with Gasteiger partial charge in [-0.25, -0.2) is 15.0 Å². The fraction of sp³-hybridized carbons (Fsp3) is 0. The summed E-state index contributed by atoms with van der Waals surface area (Å²) in [7, 11) is 0. The van der Waals surface area contributed by atoms with E-state index in [0.717, 1.165) is 22.3 Å². The fourth-order valence-electron chi connectivity index (χ4n) is 7.14. The van der Waals surface area contributed by atoms with E-state index >= 15 is 0 Å². The van der Waals surface area contributed by atoms with Gasteiger partial charge in [0.1, 0.15) is 0 Å². The average molecular weight is 642 g/mol. The third-order valence-electron chi connectivity index (χ3n) is 9.50. The monoisotopic (exact) mass is 641 g/mol. The quantitative estimate of drug-likeness (QED) is 0.180. The Kier molecular flexibility index (Phi) is 6.36. The molecule has 10 rings (SSSR count). The van der Waals surface area contributed by atoms with Gasteiger partial charge in [0.25, 0.3) is 0 Å². The second-order valence-electron chi connectivity index (χ2n) is 12.4. The predicted molar refractivity (Wildman–Crippen MR) is 207 cm³/mol. The number of rotatable bonds is 4. The van der Waals surface area contributed by atoms with Gasteiger partial charge in [-0.05, 0) is 73.8 Å². The van der Waals surface area contributed by atoms with Gasteiger partial charge in [-0.15, -0.1) is 11.3 Å². The van der Waals surface area contributed by atoms with E-state index in [0.29, 0.717) is 17.5 Å². The van der Waals surface area contributed by atoms with E-state index < -0.39 is 0 Å². The third kappa shape index (κ3) is 4.68. The molecule has 0 spiro atoms. The maximum Gasteiger partial charge on any atom is 0.164 e. The van der Waals surface area contributed by atoms with Crippen molar-refractivity contribution in [3.63, 3.8) is 0 Å². The summed E-state index contributed by atoms with van der Waals surface area (Å²) >= 11 is 1.84. The molecule has 0 radical (unpaired) electrons. The fourth-order valence-corrected chi connectivity index (χ4v) is 8.23. The number of hydrogen-bond donors (Lipinski definition) is 0. The van der Waals surface area contributed by atoms with Crippen molar-refractivity contribution in [2.75, 3.05) is 0 Å². The van der Waals surface area contributed by atoms with Crippen LogP contribution in [0.25, 0.3) is 97.8 Å². The molecule has 2 heterocycles. The van der Waals surface area contributed by atoms with Crippen LogP contribution in [0.15, 0.2) is 164 Å². The Morgan fingerprint density at radius 1 is 0.265 bits per heavy atom. The van der Waals surface area contributed by atoms with Crippen molar-refractivity contribution in [2.24, 2.45) is 0 Å². The lowest BCUT2D eigenvalue weighted by Gasteiger charge is -2.13. The van der Waals surface area contributed by atoms with Crippen LogP contribution in [-0.4, -0.2) is 15.0 Å². The molecule has 0 bridgehead atoms. The van der Waals surface area contributed by atoms with Gasteiger partial charge >= 0.3 is 0 Å². The van der Waals surface area contributed by atoms with Gasteiger partial charge in [0.15, 0.2) is 17.5 Å². The summed E-state index contributed by atoms with van der Waals surface area (Å²) < 4.78 is 2.61. The molecule has 0 saturated carbocycles. The van der Waals surface area contributed by atoms with E-state index in [4.69, 9.17) is 15.0 Å². The van der Waals surface area contributed by atoms with E-state index in [-0.39, 0.29) is 0 Å². The Labute approximate surface area is 286 Å². The first-order valence-corrected chi connectivity index (χ1v) is 17.3. The molecule has 0 aliphatic carbocycles. The second-order valence-corrected chi connectivity index (χ2v) is 13.5. The van der Waals surface area contributed by atoms with Crippen LogP contribution in [0, 0.1) is 0 Å². The van der Waals surface area contributed by atoms with Gasteiger partial charge in [-0.3, -0.25) is 0 Å². The van der Waals surface area contributed by atoms with Crippen molar-refractivity contribution in [3.05, 3.63) is 164 Å². The van der Waals surface area contributed by atoms with Crippen LogP contribution in [0.2, 0.25) is 0 Å². The van der Waals surface area contributed by atoms with Crippen LogP contribution in [0.1, 0.15) is 0 Å². The van der Waals surface area contributed by atoms with Crippen molar-refractivity contribution >= 4 is 63.8 Å². The van der Waals surface area contributed by atoms with Crippen molar-refractivity contribution in [2.45, 2.75) is 0 Å². The zero-order chi connectivity index (χ0) is 32.3. The molecule has 10 aromatic rings. The lowest BCUT2D eigenvalue weighted by molar-refractivity contribution is 1.07. The van der Waals surface area contributed by atoms with Crippen LogP contribution in [-0.2, 0) is 0 Å². The number of hydrogen-bond acceptors (Lipinski definition) is 4. The molecule has 8 aromatic carbocycles. The van der Waals surface area contributed by atoms with Gasteiger partial charge in [0, 0.05) is 36.9 Å². The minimum atomic E-state index is 0.649. The number of nitrogens with zero attached hydrogens (tertiary/aromatic N) is 3. The highest BCUT2D eigenvalue weighted by Crippen LogP contribution is 2.39. The SMILES string of the molecule is c1ccc(-c2nc(-c3cccc(-c4ccc5sc6ccccc6c5c4)c3)nc(-c3ccc4c5ccccc5c5ccccc5c4c3)n2)cc1. The Morgan fingerprint density at radius 3 is 1.43 bits per heavy atom. The summed E-state index contributed by atoms with van der Waals surface area (Å²) in [5.74, 6) is 1.96. The van der Waals surface area contributed by atoms with E-state index in [9.17, 15) is 0 Å². The maximum absolute atomic E-state index is 5.15. The summed E-state index contributed by atoms with van der Waals surface area (Å²) in [5, 5.41) is 9.97. The summed E-state index contributed by atoms with van der Waals surface area (Å²) in [6, 6.07) is 58.0. The molecule has 4 heteroatoms. The first-order chi connectivity index (χ1) is 24.3. The molecule has 49 heavy (non-hydrogen) atoms. The van der Waals surface area contributed by atoms with Gasteiger partial charge in [0.05, 0.1) is 0 Å². The van der Waals surface area contributed by atoms with Crippen molar-refractivity contribution in [1.82, 2.24) is 15.0 Å². The molecule has 0 N–H and O–H groups in total. The predicted octanol–water partition coefficient (Wildman–Crippen LogP) is 12.4. The normalized spacial score (nSPS) is 11.7. The minimum Gasteiger partial charge on any atom is -0.208 e. The van der Waals surface area contributed by atoms with Crippen molar-refractivity contribution in [3.8, 4) is 45.3 Å². The highest BCUT2D eigenvalue weighted by molar-refractivity contribution is 7.25. The van der Waals surface area contributed by atoms with Gasteiger partial charge in [-0.2, -0.15) is 0 Å². The largest absolute Gasteiger partial charge is 0.208 e. The van der Waals surface area contributed by atoms with Crippen molar-refractivity contribution < 1.29 is 0 Å². The minimum absolute atomic E-state index is 0.649. The molecule has 0 unspecified atom stereocenters. The summed E-state index contributed by atoms with van der Waals surface area (Å²) in [4.78, 5) is 15.3. The summed E-state index contributed by atoms with van der Waals surface area (Å²) in [6.07, 6.45) is 0. The van der Waals surface area contributed by atoms with Crippen LogP contribution in [0.3, 0.4) is 0 Å². The standard InChI is InChI=1S/C45H27N3S/c1-2-11-28(12-3-1)43-46-44(31-14-10-13-29(25-31)30-22-24-42-40(26-30)38-19-8-9-20-41(38)49-42)48-45(47-43)32-21-23-37-35-17-5-4-15-33(35)34-16-6-7-18-36(34)39(37)27-32/h1-27H. The lowest BCUT2D eigenvalue weighted by atomic mass is 9.93. The van der Waals surface area contributed by atoms with E-state index in [1.807, 2.05) is 29.5 Å². The Hall–Kier alpha value is -6.23. The summed E-state index contributed by atoms with van der Waals surface area (Å²) in [5.41, 5.74) is 5.16. The Bertz CT molecular complexity index is 2860. The van der Waals surface area contributed by atoms with Crippen LogP contribution in [0.4, 0.5) is 0 Å². The molecule has 0 aliphatic heterocycles. The Balaban J connectivity index is 1.15. The topological polar surface area (TPSA) is 38.7 Å².